The highest BCUT2D eigenvalue weighted by atomic mass is 19.1. The second-order valence-corrected chi connectivity index (χ2v) is 4.43. The standard InChI is InChI=1S/C16H12FNO4/c1-10(16(19)20)21-12-3-2-4-13(8-12)22-15-6-5-11(9-18)7-14(15)17/h2-8,10H,1H3,(H,19,20)/t10-/m1/s1. The lowest BCUT2D eigenvalue weighted by atomic mass is 10.2. The molecule has 0 fully saturated rings. The van der Waals surface area contributed by atoms with Crippen LogP contribution in [0.25, 0.3) is 0 Å². The predicted octanol–water partition coefficient (Wildman–Crippen LogP) is 3.34. The number of nitriles is 1. The first kappa shape index (κ1) is 15.3. The third-order valence-corrected chi connectivity index (χ3v) is 2.75. The molecule has 1 atom stereocenters. The zero-order valence-corrected chi connectivity index (χ0v) is 11.6. The smallest absolute Gasteiger partial charge is 0.344 e. The number of aliphatic carboxylic acids is 1. The average molecular weight is 301 g/mol. The Bertz CT molecular complexity index is 739. The Hall–Kier alpha value is -3.07. The van der Waals surface area contributed by atoms with Gasteiger partial charge >= 0.3 is 5.97 Å². The Balaban J connectivity index is 2.17. The lowest BCUT2D eigenvalue weighted by molar-refractivity contribution is -0.144. The summed E-state index contributed by atoms with van der Waals surface area (Å²) in [4.78, 5) is 10.8. The molecular formula is C16H12FNO4. The van der Waals surface area contributed by atoms with E-state index in [4.69, 9.17) is 19.8 Å². The van der Waals surface area contributed by atoms with E-state index in [1.54, 1.807) is 18.2 Å². The van der Waals surface area contributed by atoms with E-state index in [1.165, 1.54) is 25.1 Å². The van der Waals surface area contributed by atoms with Gasteiger partial charge in [0.2, 0.25) is 0 Å². The number of halogens is 1. The van der Waals surface area contributed by atoms with Crippen LogP contribution < -0.4 is 9.47 Å². The summed E-state index contributed by atoms with van der Waals surface area (Å²) in [6, 6.07) is 11.9. The molecule has 0 aliphatic rings. The SMILES string of the molecule is C[C@@H](Oc1cccc(Oc2ccc(C#N)cc2F)c1)C(=O)O. The van der Waals surface area contributed by atoms with Crippen LogP contribution in [-0.4, -0.2) is 17.2 Å². The Morgan fingerprint density at radius 3 is 2.64 bits per heavy atom. The van der Waals surface area contributed by atoms with Gasteiger partial charge in [-0.15, -0.1) is 0 Å². The van der Waals surface area contributed by atoms with Gasteiger partial charge in [-0.3, -0.25) is 0 Å². The molecule has 22 heavy (non-hydrogen) atoms. The summed E-state index contributed by atoms with van der Waals surface area (Å²) >= 11 is 0. The number of ether oxygens (including phenoxy) is 2. The first-order chi connectivity index (χ1) is 10.5. The summed E-state index contributed by atoms with van der Waals surface area (Å²) in [6.07, 6.45) is -1.01. The third-order valence-electron chi connectivity index (χ3n) is 2.75. The maximum Gasteiger partial charge on any atom is 0.344 e. The van der Waals surface area contributed by atoms with Crippen molar-refractivity contribution in [1.82, 2.24) is 0 Å². The van der Waals surface area contributed by atoms with Gasteiger partial charge in [-0.25, -0.2) is 9.18 Å². The molecule has 2 aromatic carbocycles. The highest BCUT2D eigenvalue weighted by Gasteiger charge is 2.13. The van der Waals surface area contributed by atoms with Crippen LogP contribution in [0.15, 0.2) is 42.5 Å². The highest BCUT2D eigenvalue weighted by molar-refractivity contribution is 5.72. The zero-order chi connectivity index (χ0) is 16.1. The normalized spacial score (nSPS) is 11.3. The highest BCUT2D eigenvalue weighted by Crippen LogP contribution is 2.28. The third kappa shape index (κ3) is 3.73. The molecule has 0 aliphatic carbocycles. The van der Waals surface area contributed by atoms with Gasteiger partial charge in [-0.1, -0.05) is 6.07 Å². The number of carboxylic acid groups (broad SMARTS) is 1. The molecule has 2 rings (SSSR count). The molecule has 0 heterocycles. The van der Waals surface area contributed by atoms with Crippen LogP contribution in [0.1, 0.15) is 12.5 Å². The monoisotopic (exact) mass is 301 g/mol. The van der Waals surface area contributed by atoms with Gasteiger partial charge in [0.1, 0.15) is 11.5 Å². The van der Waals surface area contributed by atoms with Gasteiger partial charge in [-0.05, 0) is 37.3 Å². The summed E-state index contributed by atoms with van der Waals surface area (Å²) in [5.74, 6) is -1.21. The molecule has 0 spiro atoms. The number of nitrogens with zero attached hydrogens (tertiary/aromatic N) is 1. The maximum absolute atomic E-state index is 13.8. The first-order valence-electron chi connectivity index (χ1n) is 6.36. The molecule has 0 amide bonds. The molecule has 0 radical (unpaired) electrons. The van der Waals surface area contributed by atoms with Gasteiger partial charge in [0, 0.05) is 6.07 Å². The van der Waals surface area contributed by atoms with E-state index in [9.17, 15) is 9.18 Å². The largest absolute Gasteiger partial charge is 0.479 e. The van der Waals surface area contributed by atoms with Crippen LogP contribution in [-0.2, 0) is 4.79 Å². The molecule has 0 bridgehead atoms. The fourth-order valence-corrected chi connectivity index (χ4v) is 1.65. The number of carbonyl (C=O) groups is 1. The molecule has 1 N–H and O–H groups in total. The summed E-state index contributed by atoms with van der Waals surface area (Å²) in [5, 5.41) is 17.5. The van der Waals surface area contributed by atoms with Gasteiger partial charge in [-0.2, -0.15) is 5.26 Å². The minimum atomic E-state index is -1.09. The molecular weight excluding hydrogens is 289 g/mol. The summed E-state index contributed by atoms with van der Waals surface area (Å²) < 4.78 is 24.3. The van der Waals surface area contributed by atoms with Crippen LogP contribution in [0.3, 0.4) is 0 Å². The summed E-state index contributed by atoms with van der Waals surface area (Å²) in [5.41, 5.74) is 0.192. The van der Waals surface area contributed by atoms with Crippen LogP contribution >= 0.6 is 0 Å². The maximum atomic E-state index is 13.8. The van der Waals surface area contributed by atoms with Crippen molar-refractivity contribution in [2.45, 2.75) is 13.0 Å². The molecule has 2 aromatic rings. The second kappa shape index (κ2) is 6.59. The zero-order valence-electron chi connectivity index (χ0n) is 11.6. The molecule has 0 saturated carbocycles. The number of rotatable bonds is 5. The fourth-order valence-electron chi connectivity index (χ4n) is 1.65. The Labute approximate surface area is 126 Å². The van der Waals surface area contributed by atoms with Crippen molar-refractivity contribution in [3.05, 3.63) is 53.8 Å². The van der Waals surface area contributed by atoms with Gasteiger partial charge in [0.15, 0.2) is 17.7 Å². The number of hydrogen-bond acceptors (Lipinski definition) is 4. The van der Waals surface area contributed by atoms with Crippen LogP contribution in [0.4, 0.5) is 4.39 Å². The van der Waals surface area contributed by atoms with Crippen LogP contribution in [0.2, 0.25) is 0 Å². The van der Waals surface area contributed by atoms with E-state index < -0.39 is 17.9 Å². The van der Waals surface area contributed by atoms with Gasteiger partial charge in [0.05, 0.1) is 11.6 Å². The number of benzene rings is 2. The predicted molar refractivity (Wildman–Crippen MR) is 75.4 cm³/mol. The van der Waals surface area contributed by atoms with Crippen molar-refractivity contribution < 1.29 is 23.8 Å². The molecule has 112 valence electrons. The summed E-state index contributed by atoms with van der Waals surface area (Å²) in [6.45, 7) is 1.40. The van der Waals surface area contributed by atoms with E-state index in [0.29, 0.717) is 11.5 Å². The van der Waals surface area contributed by atoms with Crippen molar-refractivity contribution in [1.29, 1.82) is 5.26 Å². The molecule has 0 aliphatic heterocycles. The second-order valence-electron chi connectivity index (χ2n) is 4.43. The Morgan fingerprint density at radius 1 is 1.27 bits per heavy atom. The van der Waals surface area contributed by atoms with Crippen LogP contribution in [0, 0.1) is 17.1 Å². The Morgan fingerprint density at radius 2 is 2.00 bits per heavy atom. The van der Waals surface area contributed by atoms with Crippen LogP contribution in [0.5, 0.6) is 17.2 Å². The van der Waals surface area contributed by atoms with Crippen molar-refractivity contribution in [2.24, 2.45) is 0 Å². The number of carboxylic acids is 1. The quantitative estimate of drug-likeness (QED) is 0.916. The molecule has 6 heteroatoms. The van der Waals surface area contributed by atoms with Gasteiger partial charge in [0.25, 0.3) is 0 Å². The lowest BCUT2D eigenvalue weighted by Gasteiger charge is -2.12. The van der Waals surface area contributed by atoms with Crippen molar-refractivity contribution in [3.63, 3.8) is 0 Å². The number of hydrogen-bond donors (Lipinski definition) is 1. The van der Waals surface area contributed by atoms with Crippen molar-refractivity contribution in [2.75, 3.05) is 0 Å². The first-order valence-corrected chi connectivity index (χ1v) is 6.36. The summed E-state index contributed by atoms with van der Waals surface area (Å²) in [7, 11) is 0. The topological polar surface area (TPSA) is 79.5 Å². The van der Waals surface area contributed by atoms with Gasteiger partial charge < -0.3 is 14.6 Å². The minimum absolute atomic E-state index is 0.0394. The van der Waals surface area contributed by atoms with E-state index in [-0.39, 0.29) is 11.3 Å². The molecule has 0 unspecified atom stereocenters. The van der Waals surface area contributed by atoms with E-state index >= 15 is 0 Å². The molecule has 0 aromatic heterocycles. The Kier molecular flexibility index (Phi) is 4.59. The minimum Gasteiger partial charge on any atom is -0.479 e. The average Bonchev–Trinajstić information content (AvgIpc) is 2.49. The van der Waals surface area contributed by atoms with E-state index in [1.807, 2.05) is 6.07 Å². The molecule has 0 saturated heterocycles. The van der Waals surface area contributed by atoms with Crippen molar-refractivity contribution in [3.8, 4) is 23.3 Å². The lowest BCUT2D eigenvalue weighted by Crippen LogP contribution is -2.22. The molecule has 5 nitrogen and oxygen atoms in total. The van der Waals surface area contributed by atoms with Crippen molar-refractivity contribution >= 4 is 5.97 Å². The van der Waals surface area contributed by atoms with E-state index in [2.05, 4.69) is 0 Å². The van der Waals surface area contributed by atoms with E-state index in [0.717, 1.165) is 6.07 Å². The fraction of sp³-hybridized carbons (Fsp3) is 0.125.